The van der Waals surface area contributed by atoms with Crippen LogP contribution in [0, 0.1) is 5.41 Å². The highest BCUT2D eigenvalue weighted by molar-refractivity contribution is 9.10. The third-order valence-electron chi connectivity index (χ3n) is 3.82. The molecule has 0 aliphatic carbocycles. The molecule has 0 aromatic carbocycles. The van der Waals surface area contributed by atoms with E-state index >= 15 is 0 Å². The van der Waals surface area contributed by atoms with Crippen molar-refractivity contribution in [1.82, 2.24) is 10.6 Å². The van der Waals surface area contributed by atoms with E-state index < -0.39 is 0 Å². The van der Waals surface area contributed by atoms with Gasteiger partial charge in [0.25, 0.3) is 0 Å². The molecule has 0 spiro atoms. The van der Waals surface area contributed by atoms with E-state index in [1.807, 2.05) is 5.38 Å². The molecule has 1 fully saturated rings. The van der Waals surface area contributed by atoms with Gasteiger partial charge in [0.15, 0.2) is 0 Å². The second-order valence-electron chi connectivity index (χ2n) is 5.19. The molecule has 2 heterocycles. The van der Waals surface area contributed by atoms with Gasteiger partial charge >= 0.3 is 0 Å². The summed E-state index contributed by atoms with van der Waals surface area (Å²) in [6, 6.07) is 2.07. The van der Waals surface area contributed by atoms with Crippen LogP contribution in [0.3, 0.4) is 0 Å². The number of carbonyl (C=O) groups excluding carboxylic acids is 1. The van der Waals surface area contributed by atoms with Crippen molar-refractivity contribution in [3.63, 3.8) is 0 Å². The highest BCUT2D eigenvalue weighted by Gasteiger charge is 2.38. The lowest BCUT2D eigenvalue weighted by atomic mass is 9.74. The molecule has 1 aromatic heterocycles. The highest BCUT2D eigenvalue weighted by Crippen LogP contribution is 2.34. The standard InChI is InChI=1S/C14H21BrN2OS/c1-2-3-14(4-6-16-7-5-14)13(18)17-9-12-8-11(15)10-19-12/h8,10,16H,2-7,9H2,1H3,(H,17,18). The van der Waals surface area contributed by atoms with Gasteiger partial charge < -0.3 is 10.6 Å². The smallest absolute Gasteiger partial charge is 0.226 e. The Bertz CT molecular complexity index is 421. The molecule has 1 aliphatic heterocycles. The van der Waals surface area contributed by atoms with Gasteiger partial charge in [0.1, 0.15) is 0 Å². The number of hydrogen-bond donors (Lipinski definition) is 2. The molecule has 0 radical (unpaired) electrons. The van der Waals surface area contributed by atoms with Crippen LogP contribution < -0.4 is 10.6 Å². The molecular weight excluding hydrogens is 324 g/mol. The van der Waals surface area contributed by atoms with Crippen LogP contribution in [-0.2, 0) is 11.3 Å². The molecule has 106 valence electrons. The lowest BCUT2D eigenvalue weighted by Gasteiger charge is -2.36. The normalized spacial score (nSPS) is 18.2. The van der Waals surface area contributed by atoms with Crippen molar-refractivity contribution in [3.8, 4) is 0 Å². The maximum atomic E-state index is 12.5. The summed E-state index contributed by atoms with van der Waals surface area (Å²) >= 11 is 5.12. The Morgan fingerprint density at radius 3 is 2.84 bits per heavy atom. The van der Waals surface area contributed by atoms with Crippen molar-refractivity contribution < 1.29 is 4.79 Å². The predicted molar refractivity (Wildman–Crippen MR) is 83.3 cm³/mol. The van der Waals surface area contributed by atoms with E-state index in [9.17, 15) is 4.79 Å². The highest BCUT2D eigenvalue weighted by atomic mass is 79.9. The zero-order chi connectivity index (χ0) is 13.7. The Labute approximate surface area is 127 Å². The van der Waals surface area contributed by atoms with Crippen LogP contribution in [0.2, 0.25) is 0 Å². The Hall–Kier alpha value is -0.390. The van der Waals surface area contributed by atoms with Gasteiger partial charge in [-0.05, 0) is 54.3 Å². The fourth-order valence-electron chi connectivity index (χ4n) is 2.78. The van der Waals surface area contributed by atoms with Crippen molar-refractivity contribution in [2.24, 2.45) is 5.41 Å². The first-order valence-corrected chi connectivity index (χ1v) is 8.55. The molecule has 5 heteroatoms. The van der Waals surface area contributed by atoms with E-state index in [0.29, 0.717) is 6.54 Å². The molecular formula is C14H21BrN2OS. The molecule has 19 heavy (non-hydrogen) atoms. The Morgan fingerprint density at radius 1 is 1.53 bits per heavy atom. The van der Waals surface area contributed by atoms with Crippen LogP contribution in [0.1, 0.15) is 37.5 Å². The van der Waals surface area contributed by atoms with Crippen LogP contribution >= 0.6 is 27.3 Å². The van der Waals surface area contributed by atoms with Gasteiger partial charge in [-0.2, -0.15) is 0 Å². The van der Waals surface area contributed by atoms with E-state index in [4.69, 9.17) is 0 Å². The molecule has 0 bridgehead atoms. The average Bonchev–Trinajstić information content (AvgIpc) is 2.83. The Morgan fingerprint density at radius 2 is 2.26 bits per heavy atom. The Balaban J connectivity index is 1.95. The SMILES string of the molecule is CCCC1(C(=O)NCc2cc(Br)cs2)CCNCC1. The number of halogens is 1. The molecule has 1 aromatic rings. The fraction of sp³-hybridized carbons (Fsp3) is 0.643. The van der Waals surface area contributed by atoms with Crippen molar-refractivity contribution in [3.05, 3.63) is 20.8 Å². The molecule has 3 nitrogen and oxygen atoms in total. The molecule has 0 saturated carbocycles. The fourth-order valence-corrected chi connectivity index (χ4v) is 4.17. The monoisotopic (exact) mass is 344 g/mol. The summed E-state index contributed by atoms with van der Waals surface area (Å²) in [4.78, 5) is 13.7. The van der Waals surface area contributed by atoms with Crippen molar-refractivity contribution in [1.29, 1.82) is 0 Å². The number of rotatable bonds is 5. The largest absolute Gasteiger partial charge is 0.351 e. The van der Waals surface area contributed by atoms with Gasteiger partial charge in [-0.1, -0.05) is 13.3 Å². The Kier molecular flexibility index (Phi) is 5.42. The molecule has 2 rings (SSSR count). The summed E-state index contributed by atoms with van der Waals surface area (Å²) in [6.45, 7) is 4.72. The lowest BCUT2D eigenvalue weighted by Crippen LogP contribution is -2.47. The summed E-state index contributed by atoms with van der Waals surface area (Å²) < 4.78 is 1.09. The maximum Gasteiger partial charge on any atom is 0.226 e. The van der Waals surface area contributed by atoms with Gasteiger partial charge in [0.05, 0.1) is 12.0 Å². The van der Waals surface area contributed by atoms with E-state index in [0.717, 1.165) is 43.2 Å². The van der Waals surface area contributed by atoms with Crippen molar-refractivity contribution in [2.75, 3.05) is 13.1 Å². The van der Waals surface area contributed by atoms with Crippen LogP contribution in [0.25, 0.3) is 0 Å². The average molecular weight is 345 g/mol. The first-order chi connectivity index (χ1) is 9.16. The van der Waals surface area contributed by atoms with E-state index in [1.165, 1.54) is 4.88 Å². The number of hydrogen-bond acceptors (Lipinski definition) is 3. The predicted octanol–water partition coefficient (Wildman–Crippen LogP) is 3.30. The molecule has 1 saturated heterocycles. The molecule has 2 N–H and O–H groups in total. The van der Waals surface area contributed by atoms with Crippen molar-refractivity contribution >= 4 is 33.2 Å². The van der Waals surface area contributed by atoms with E-state index in [1.54, 1.807) is 11.3 Å². The summed E-state index contributed by atoms with van der Waals surface area (Å²) in [5, 5.41) is 8.53. The molecule has 0 atom stereocenters. The van der Waals surface area contributed by atoms with Crippen LogP contribution in [0.15, 0.2) is 15.9 Å². The van der Waals surface area contributed by atoms with Gasteiger partial charge in [0, 0.05) is 14.7 Å². The first-order valence-electron chi connectivity index (χ1n) is 6.88. The topological polar surface area (TPSA) is 41.1 Å². The first kappa shape index (κ1) is 15.0. The van der Waals surface area contributed by atoms with Gasteiger partial charge in [-0.3, -0.25) is 4.79 Å². The maximum absolute atomic E-state index is 12.5. The van der Waals surface area contributed by atoms with Gasteiger partial charge in [-0.25, -0.2) is 0 Å². The molecule has 1 amide bonds. The van der Waals surface area contributed by atoms with Crippen molar-refractivity contribution in [2.45, 2.75) is 39.2 Å². The van der Waals surface area contributed by atoms with Crippen LogP contribution in [-0.4, -0.2) is 19.0 Å². The molecule has 1 aliphatic rings. The molecule has 0 unspecified atom stereocenters. The van der Waals surface area contributed by atoms with Gasteiger partial charge in [0.2, 0.25) is 5.91 Å². The van der Waals surface area contributed by atoms with E-state index in [-0.39, 0.29) is 11.3 Å². The van der Waals surface area contributed by atoms with Crippen LogP contribution in [0.4, 0.5) is 0 Å². The third kappa shape index (κ3) is 3.80. The van der Waals surface area contributed by atoms with Gasteiger partial charge in [-0.15, -0.1) is 11.3 Å². The minimum atomic E-state index is -0.144. The number of thiophene rings is 1. The number of piperidine rings is 1. The number of carbonyl (C=O) groups is 1. The minimum Gasteiger partial charge on any atom is -0.351 e. The summed E-state index contributed by atoms with van der Waals surface area (Å²) in [5.74, 6) is 0.236. The summed E-state index contributed by atoms with van der Waals surface area (Å²) in [6.07, 6.45) is 3.98. The van der Waals surface area contributed by atoms with Crippen LogP contribution in [0.5, 0.6) is 0 Å². The number of nitrogens with one attached hydrogen (secondary N) is 2. The summed E-state index contributed by atoms with van der Waals surface area (Å²) in [7, 11) is 0. The summed E-state index contributed by atoms with van der Waals surface area (Å²) in [5.41, 5.74) is -0.144. The second-order valence-corrected chi connectivity index (χ2v) is 7.11. The number of amides is 1. The lowest BCUT2D eigenvalue weighted by molar-refractivity contribution is -0.133. The zero-order valence-electron chi connectivity index (χ0n) is 11.3. The second kappa shape index (κ2) is 6.86. The third-order valence-corrected chi connectivity index (χ3v) is 5.51. The van der Waals surface area contributed by atoms with E-state index in [2.05, 4.69) is 39.6 Å². The minimum absolute atomic E-state index is 0.144. The quantitative estimate of drug-likeness (QED) is 0.860. The zero-order valence-corrected chi connectivity index (χ0v) is 13.7.